The van der Waals surface area contributed by atoms with E-state index in [1.807, 2.05) is 0 Å². The summed E-state index contributed by atoms with van der Waals surface area (Å²) >= 11 is 0. The molecule has 0 amide bonds. The normalized spacial score (nSPS) is 20.1. The molecule has 8 aromatic rings. The predicted molar refractivity (Wildman–Crippen MR) is 317 cm³/mol. The van der Waals surface area contributed by atoms with Crippen molar-refractivity contribution in [3.63, 3.8) is 0 Å². The van der Waals surface area contributed by atoms with E-state index in [0.717, 1.165) is 19.3 Å². The molecular weight excluding hydrogens is 894 g/mol. The number of fused-ring (bicyclic) bond motifs is 8. The molecule has 4 heteroatoms. The minimum atomic E-state index is -0.100. The van der Waals surface area contributed by atoms with Crippen LogP contribution in [0.5, 0.6) is 0 Å². The van der Waals surface area contributed by atoms with Gasteiger partial charge in [-0.3, -0.25) is 0 Å². The van der Waals surface area contributed by atoms with E-state index in [9.17, 15) is 0 Å². The van der Waals surface area contributed by atoms with Crippen molar-refractivity contribution < 1.29 is 0 Å². The van der Waals surface area contributed by atoms with Crippen LogP contribution < -0.4 is 31.1 Å². The van der Waals surface area contributed by atoms with Gasteiger partial charge in [0.25, 0.3) is 6.71 Å². The smallest absolute Gasteiger partial charge is 0.252 e. The van der Waals surface area contributed by atoms with Gasteiger partial charge in [-0.05, 0) is 189 Å². The van der Waals surface area contributed by atoms with Crippen molar-refractivity contribution in [3.8, 4) is 22.3 Å². The van der Waals surface area contributed by atoms with Gasteiger partial charge in [-0.15, -0.1) is 0 Å². The largest absolute Gasteiger partial charge is 0.334 e. The Morgan fingerprint density at radius 2 is 1.05 bits per heavy atom. The van der Waals surface area contributed by atoms with Crippen LogP contribution in [0.4, 0.5) is 45.5 Å². The van der Waals surface area contributed by atoms with Crippen molar-refractivity contribution in [1.29, 1.82) is 0 Å². The number of benzene rings is 8. The standard InChI is InChI=1S/C70H72BN3/c1-45-36-63-65-64(37-45)73(59-33-27-52(67(5,6)7)41-55(59)47-22-16-13-17-23-47)61-40-50-44-68(8,9)43-49(50)39-58(61)71(65)57-31-30-54(42-62(57)72(63)53-28-25-51(26-29-53)66(2,3)4)74-60-32-24-48(46-20-14-12-15-21-46)38-56(60)69(10)34-18-19-35-70(69,74)11/h12-17,20-33,36-42H,18-19,34-35,43-44H2,1-11H3. The summed E-state index contributed by atoms with van der Waals surface area (Å²) in [7, 11) is 0. The topological polar surface area (TPSA) is 9.72 Å². The number of aryl methyl sites for hydroxylation is 1. The van der Waals surface area contributed by atoms with E-state index in [2.05, 4.69) is 255 Å². The maximum atomic E-state index is 2.78. The van der Waals surface area contributed by atoms with Crippen molar-refractivity contribution in [3.05, 3.63) is 197 Å². The highest BCUT2D eigenvalue weighted by Gasteiger charge is 2.58. The predicted octanol–water partition coefficient (Wildman–Crippen LogP) is 16.9. The maximum Gasteiger partial charge on any atom is 0.252 e. The molecule has 13 rings (SSSR count). The highest BCUT2D eigenvalue weighted by molar-refractivity contribution is 7.00. The number of hydrogen-bond donors (Lipinski definition) is 0. The molecular formula is C70H72BN3. The molecule has 0 radical (unpaired) electrons. The molecule has 2 aliphatic carbocycles. The summed E-state index contributed by atoms with van der Waals surface area (Å²) in [5, 5.41) is 0. The first kappa shape index (κ1) is 47.0. The van der Waals surface area contributed by atoms with Crippen molar-refractivity contribution in [2.24, 2.45) is 5.41 Å². The lowest BCUT2D eigenvalue weighted by Crippen LogP contribution is -2.61. The van der Waals surface area contributed by atoms with Crippen molar-refractivity contribution in [1.82, 2.24) is 0 Å². The summed E-state index contributed by atoms with van der Waals surface area (Å²) in [4.78, 5) is 8.10. The summed E-state index contributed by atoms with van der Waals surface area (Å²) in [5.74, 6) is 0. The van der Waals surface area contributed by atoms with Gasteiger partial charge < -0.3 is 14.7 Å². The first-order valence-electron chi connectivity index (χ1n) is 27.7. The van der Waals surface area contributed by atoms with Crippen LogP contribution in [0, 0.1) is 12.3 Å². The first-order chi connectivity index (χ1) is 35.3. The van der Waals surface area contributed by atoms with Crippen LogP contribution >= 0.6 is 0 Å². The molecule has 0 N–H and O–H groups in total. The quantitative estimate of drug-likeness (QED) is 0.159. The van der Waals surface area contributed by atoms with Gasteiger partial charge in [-0.1, -0.05) is 172 Å². The molecule has 1 saturated carbocycles. The summed E-state index contributed by atoms with van der Waals surface area (Å²) in [5.41, 5.74) is 27.9. The second-order valence-electron chi connectivity index (χ2n) is 26.2. The van der Waals surface area contributed by atoms with Crippen LogP contribution in [-0.4, -0.2) is 12.3 Å². The van der Waals surface area contributed by atoms with Crippen LogP contribution in [0.1, 0.15) is 128 Å². The third-order valence-electron chi connectivity index (χ3n) is 18.5. The Balaban J connectivity index is 1.08. The van der Waals surface area contributed by atoms with Crippen molar-refractivity contribution in [2.75, 3.05) is 14.7 Å². The maximum absolute atomic E-state index is 2.78. The lowest BCUT2D eigenvalue weighted by Gasteiger charge is -2.50. The number of anilines is 8. The summed E-state index contributed by atoms with van der Waals surface area (Å²) in [6.07, 6.45) is 6.97. The van der Waals surface area contributed by atoms with Gasteiger partial charge >= 0.3 is 0 Å². The highest BCUT2D eigenvalue weighted by Crippen LogP contribution is 2.62. The van der Waals surface area contributed by atoms with Gasteiger partial charge in [0.15, 0.2) is 0 Å². The van der Waals surface area contributed by atoms with E-state index in [1.165, 1.54) is 137 Å². The Kier molecular flexibility index (Phi) is 10.4. The van der Waals surface area contributed by atoms with E-state index in [4.69, 9.17) is 0 Å². The summed E-state index contributed by atoms with van der Waals surface area (Å²) in [6.45, 7) is 26.4. The van der Waals surface area contributed by atoms with E-state index < -0.39 is 0 Å². The number of rotatable bonds is 5. The molecule has 1 fully saturated rings. The lowest BCUT2D eigenvalue weighted by atomic mass is 9.33. The van der Waals surface area contributed by atoms with Crippen LogP contribution in [0.3, 0.4) is 0 Å². The van der Waals surface area contributed by atoms with Gasteiger partial charge in [-0.2, -0.15) is 0 Å². The molecule has 370 valence electrons. The Labute approximate surface area is 442 Å². The molecule has 2 unspecified atom stereocenters. The Bertz CT molecular complexity index is 3560. The highest BCUT2D eigenvalue weighted by atomic mass is 15.3. The number of nitrogens with zero attached hydrogens (tertiary/aromatic N) is 3. The fraction of sp³-hybridized carbons (Fsp3) is 0.314. The fourth-order valence-corrected chi connectivity index (χ4v) is 14.5. The molecule has 5 aliphatic rings. The van der Waals surface area contributed by atoms with Gasteiger partial charge in [-0.25, -0.2) is 0 Å². The molecule has 3 aliphatic heterocycles. The first-order valence-corrected chi connectivity index (χ1v) is 27.7. The molecule has 3 heterocycles. The molecule has 0 aromatic heterocycles. The summed E-state index contributed by atoms with van der Waals surface area (Å²) < 4.78 is 0. The SMILES string of the molecule is Cc1cc2c3c(c1)N(c1ccc(C(C)(C)C)cc1-c1ccccc1)c1cc4c(cc1B3c1ccc(N3c5ccc(-c6ccccc6)cc5C5(C)CCCCC35C)cc1N2c1ccc(C(C)(C)C)cc1)CC(C)(C)C4. The molecule has 0 saturated heterocycles. The lowest BCUT2D eigenvalue weighted by molar-refractivity contribution is 0.195. The zero-order valence-corrected chi connectivity index (χ0v) is 45.8. The number of hydrogen-bond acceptors (Lipinski definition) is 3. The third-order valence-corrected chi connectivity index (χ3v) is 18.5. The van der Waals surface area contributed by atoms with Gasteiger partial charge in [0.1, 0.15) is 0 Å². The average Bonchev–Trinajstić information content (AvgIpc) is 3.80. The third kappa shape index (κ3) is 7.13. The van der Waals surface area contributed by atoms with E-state index in [-0.39, 0.29) is 33.9 Å². The minimum Gasteiger partial charge on any atom is -0.334 e. The molecule has 74 heavy (non-hydrogen) atoms. The van der Waals surface area contributed by atoms with Gasteiger partial charge in [0.05, 0.1) is 11.2 Å². The van der Waals surface area contributed by atoms with Crippen molar-refractivity contribution in [2.45, 2.75) is 136 Å². The summed E-state index contributed by atoms with van der Waals surface area (Å²) in [6, 6.07) is 64.2. The molecule has 3 nitrogen and oxygen atoms in total. The minimum absolute atomic E-state index is 0.00796. The fourth-order valence-electron chi connectivity index (χ4n) is 14.5. The van der Waals surface area contributed by atoms with Gasteiger partial charge in [0, 0.05) is 50.8 Å². The Hall–Kier alpha value is -6.78. The van der Waals surface area contributed by atoms with E-state index in [0.29, 0.717) is 0 Å². The zero-order valence-electron chi connectivity index (χ0n) is 45.8. The Morgan fingerprint density at radius 1 is 0.459 bits per heavy atom. The van der Waals surface area contributed by atoms with Crippen LogP contribution in [0.2, 0.25) is 0 Å². The van der Waals surface area contributed by atoms with Crippen LogP contribution in [0.15, 0.2) is 164 Å². The van der Waals surface area contributed by atoms with E-state index >= 15 is 0 Å². The second-order valence-corrected chi connectivity index (χ2v) is 26.2. The molecule has 0 bridgehead atoms. The van der Waals surface area contributed by atoms with Crippen LogP contribution in [-0.2, 0) is 29.1 Å². The average molecular weight is 966 g/mol. The molecule has 8 aromatic carbocycles. The zero-order chi connectivity index (χ0) is 51.3. The molecule has 2 atom stereocenters. The van der Waals surface area contributed by atoms with Gasteiger partial charge in [0.2, 0.25) is 0 Å². The van der Waals surface area contributed by atoms with Crippen LogP contribution in [0.25, 0.3) is 22.3 Å². The molecule has 0 spiro atoms. The second kappa shape index (κ2) is 16.4. The monoisotopic (exact) mass is 966 g/mol. The van der Waals surface area contributed by atoms with Crippen molar-refractivity contribution >= 4 is 68.6 Å². The Morgan fingerprint density at radius 3 is 1.74 bits per heavy atom. The van der Waals surface area contributed by atoms with E-state index in [1.54, 1.807) is 0 Å².